The van der Waals surface area contributed by atoms with Crippen LogP contribution in [0.1, 0.15) is 10.4 Å². The van der Waals surface area contributed by atoms with E-state index >= 15 is 0 Å². The van der Waals surface area contributed by atoms with Gasteiger partial charge in [0.2, 0.25) is 0 Å². The maximum atomic E-state index is 12.7. The predicted molar refractivity (Wildman–Crippen MR) is 37.7 cm³/mol. The maximum absolute atomic E-state index is 12.7. The van der Waals surface area contributed by atoms with Crippen molar-refractivity contribution in [2.75, 3.05) is 7.11 Å². The Morgan fingerprint density at radius 3 is 2.83 bits per heavy atom. The SMILES string of the molecule is COc1c(C(=O)O)ccnc1F. The molecule has 0 saturated heterocycles. The van der Waals surface area contributed by atoms with Gasteiger partial charge in [-0.2, -0.15) is 4.39 Å². The number of aromatic carboxylic acids is 1. The summed E-state index contributed by atoms with van der Waals surface area (Å²) >= 11 is 0. The van der Waals surface area contributed by atoms with E-state index in [1.54, 1.807) is 0 Å². The van der Waals surface area contributed by atoms with Crippen LogP contribution in [0.15, 0.2) is 12.3 Å². The fourth-order valence-corrected chi connectivity index (χ4v) is 0.785. The lowest BCUT2D eigenvalue weighted by atomic mass is 10.2. The Bertz CT molecular complexity index is 314. The fraction of sp³-hybridized carbons (Fsp3) is 0.143. The predicted octanol–water partition coefficient (Wildman–Crippen LogP) is 0.927. The van der Waals surface area contributed by atoms with Crippen LogP contribution in [0.4, 0.5) is 4.39 Å². The Morgan fingerprint density at radius 1 is 1.75 bits per heavy atom. The highest BCUT2D eigenvalue weighted by Gasteiger charge is 2.15. The first-order chi connectivity index (χ1) is 5.66. The second-order valence-electron chi connectivity index (χ2n) is 1.99. The van der Waals surface area contributed by atoms with Crippen LogP contribution >= 0.6 is 0 Å². The van der Waals surface area contributed by atoms with Crippen LogP contribution in [0, 0.1) is 5.95 Å². The topological polar surface area (TPSA) is 59.4 Å². The minimum Gasteiger partial charge on any atom is -0.491 e. The van der Waals surface area contributed by atoms with Gasteiger partial charge in [-0.1, -0.05) is 0 Å². The molecule has 0 unspecified atom stereocenters. The number of nitrogens with zero attached hydrogens (tertiary/aromatic N) is 1. The van der Waals surface area contributed by atoms with Crippen molar-refractivity contribution in [3.63, 3.8) is 0 Å². The average molecular weight is 171 g/mol. The third kappa shape index (κ3) is 1.34. The normalized spacial score (nSPS) is 9.50. The van der Waals surface area contributed by atoms with Gasteiger partial charge < -0.3 is 9.84 Å². The number of hydrogen-bond acceptors (Lipinski definition) is 3. The van der Waals surface area contributed by atoms with Gasteiger partial charge in [0.1, 0.15) is 5.56 Å². The zero-order chi connectivity index (χ0) is 9.14. The standard InChI is InChI=1S/C7H6FNO3/c1-12-5-4(7(10)11)2-3-9-6(5)8/h2-3H,1H3,(H,10,11). The van der Waals surface area contributed by atoms with E-state index in [0.29, 0.717) is 0 Å². The Balaban J connectivity index is 3.27. The molecule has 1 heterocycles. The summed E-state index contributed by atoms with van der Waals surface area (Å²) in [6.07, 6.45) is 1.07. The highest BCUT2D eigenvalue weighted by molar-refractivity contribution is 5.90. The Kier molecular flexibility index (Phi) is 2.23. The number of carboxylic acid groups (broad SMARTS) is 1. The van der Waals surface area contributed by atoms with Crippen molar-refractivity contribution < 1.29 is 19.0 Å². The van der Waals surface area contributed by atoms with E-state index in [-0.39, 0.29) is 11.3 Å². The number of carbonyl (C=O) groups is 1. The van der Waals surface area contributed by atoms with Crippen LogP contribution in [0.5, 0.6) is 5.75 Å². The number of rotatable bonds is 2. The average Bonchev–Trinajstić information content (AvgIpc) is 2.03. The molecular weight excluding hydrogens is 165 g/mol. The highest BCUT2D eigenvalue weighted by atomic mass is 19.1. The largest absolute Gasteiger partial charge is 0.491 e. The summed E-state index contributed by atoms with van der Waals surface area (Å²) < 4.78 is 17.2. The first kappa shape index (κ1) is 8.45. The molecule has 1 aromatic heterocycles. The van der Waals surface area contributed by atoms with Gasteiger partial charge in [0, 0.05) is 6.20 Å². The number of halogens is 1. The van der Waals surface area contributed by atoms with Gasteiger partial charge in [-0.15, -0.1) is 0 Å². The molecule has 0 aliphatic carbocycles. The van der Waals surface area contributed by atoms with E-state index < -0.39 is 11.9 Å². The van der Waals surface area contributed by atoms with Gasteiger partial charge in [0.05, 0.1) is 7.11 Å². The van der Waals surface area contributed by atoms with Crippen molar-refractivity contribution in [1.29, 1.82) is 0 Å². The fourth-order valence-electron chi connectivity index (χ4n) is 0.785. The van der Waals surface area contributed by atoms with E-state index in [4.69, 9.17) is 5.11 Å². The molecule has 1 rings (SSSR count). The number of ether oxygens (including phenoxy) is 1. The van der Waals surface area contributed by atoms with Gasteiger partial charge in [-0.25, -0.2) is 9.78 Å². The zero-order valence-corrected chi connectivity index (χ0v) is 6.24. The van der Waals surface area contributed by atoms with Gasteiger partial charge in [-0.05, 0) is 6.07 Å². The van der Waals surface area contributed by atoms with Gasteiger partial charge in [-0.3, -0.25) is 0 Å². The minimum atomic E-state index is -1.24. The molecule has 1 aromatic rings. The van der Waals surface area contributed by atoms with Crippen molar-refractivity contribution in [3.8, 4) is 5.75 Å². The first-order valence-electron chi connectivity index (χ1n) is 3.08. The van der Waals surface area contributed by atoms with Crippen molar-refractivity contribution >= 4 is 5.97 Å². The first-order valence-corrected chi connectivity index (χ1v) is 3.08. The van der Waals surface area contributed by atoms with Crippen LogP contribution in [0.25, 0.3) is 0 Å². The van der Waals surface area contributed by atoms with Gasteiger partial charge in [0.25, 0.3) is 5.95 Å². The van der Waals surface area contributed by atoms with E-state index in [0.717, 1.165) is 6.20 Å². The smallest absolute Gasteiger partial charge is 0.339 e. The molecule has 0 aliphatic rings. The molecule has 0 aromatic carbocycles. The third-order valence-electron chi connectivity index (χ3n) is 1.30. The monoisotopic (exact) mass is 171 g/mol. The van der Waals surface area contributed by atoms with Crippen molar-refractivity contribution in [3.05, 3.63) is 23.8 Å². The minimum absolute atomic E-state index is 0.231. The van der Waals surface area contributed by atoms with Crippen LogP contribution in [0.3, 0.4) is 0 Å². The lowest BCUT2D eigenvalue weighted by molar-refractivity contribution is 0.0692. The van der Waals surface area contributed by atoms with E-state index in [9.17, 15) is 9.18 Å². The third-order valence-corrected chi connectivity index (χ3v) is 1.30. The van der Waals surface area contributed by atoms with E-state index in [2.05, 4.69) is 9.72 Å². The highest BCUT2D eigenvalue weighted by Crippen LogP contribution is 2.19. The van der Waals surface area contributed by atoms with Crippen LogP contribution in [0.2, 0.25) is 0 Å². The molecule has 12 heavy (non-hydrogen) atoms. The van der Waals surface area contributed by atoms with Crippen LogP contribution in [-0.2, 0) is 0 Å². The number of hydrogen-bond donors (Lipinski definition) is 1. The molecule has 4 nitrogen and oxygen atoms in total. The summed E-state index contributed by atoms with van der Waals surface area (Å²) in [7, 11) is 1.19. The van der Waals surface area contributed by atoms with Crippen molar-refractivity contribution in [2.45, 2.75) is 0 Å². The Labute approximate surface area is 67.6 Å². The molecule has 0 radical (unpaired) electrons. The molecule has 0 atom stereocenters. The summed E-state index contributed by atoms with van der Waals surface area (Å²) in [5, 5.41) is 8.55. The van der Waals surface area contributed by atoms with Crippen molar-refractivity contribution in [2.24, 2.45) is 0 Å². The molecular formula is C7H6FNO3. The lowest BCUT2D eigenvalue weighted by Gasteiger charge is -2.03. The zero-order valence-electron chi connectivity index (χ0n) is 6.24. The van der Waals surface area contributed by atoms with Crippen molar-refractivity contribution in [1.82, 2.24) is 4.98 Å². The number of pyridine rings is 1. The molecule has 5 heteroatoms. The Hall–Kier alpha value is -1.65. The molecule has 0 bridgehead atoms. The molecule has 0 aliphatic heterocycles. The summed E-state index contributed by atoms with van der Waals surface area (Å²) in [6.45, 7) is 0. The molecule has 0 spiro atoms. The molecule has 0 fully saturated rings. The maximum Gasteiger partial charge on any atom is 0.339 e. The Morgan fingerprint density at radius 2 is 2.42 bits per heavy atom. The van der Waals surface area contributed by atoms with E-state index in [1.807, 2.05) is 0 Å². The molecule has 0 saturated carbocycles. The van der Waals surface area contributed by atoms with Crippen LogP contribution in [-0.4, -0.2) is 23.2 Å². The quantitative estimate of drug-likeness (QED) is 0.672. The second kappa shape index (κ2) is 3.17. The number of carboxylic acids is 1. The molecule has 0 amide bonds. The van der Waals surface area contributed by atoms with Gasteiger partial charge >= 0.3 is 5.97 Å². The van der Waals surface area contributed by atoms with Gasteiger partial charge in [0.15, 0.2) is 5.75 Å². The number of methoxy groups -OCH3 is 1. The summed E-state index contributed by atoms with van der Waals surface area (Å²) in [5.41, 5.74) is -0.231. The van der Waals surface area contributed by atoms with Crippen LogP contribution < -0.4 is 4.74 Å². The summed E-state index contributed by atoms with van der Waals surface area (Å²) in [5.74, 6) is -2.50. The number of aromatic nitrogens is 1. The molecule has 64 valence electrons. The summed E-state index contributed by atoms with van der Waals surface area (Å²) in [4.78, 5) is 13.7. The van der Waals surface area contributed by atoms with E-state index in [1.165, 1.54) is 13.2 Å². The lowest BCUT2D eigenvalue weighted by Crippen LogP contribution is -2.03. The molecule has 1 N–H and O–H groups in total. The second-order valence-corrected chi connectivity index (χ2v) is 1.99. The summed E-state index contributed by atoms with van der Waals surface area (Å²) in [6, 6.07) is 1.17.